The van der Waals surface area contributed by atoms with E-state index in [1.807, 2.05) is 82.3 Å². The van der Waals surface area contributed by atoms with Crippen molar-refractivity contribution in [2.75, 3.05) is 60.7 Å². The molecule has 40 N–H and O–H groups in total. The Kier molecular flexibility index (Phi) is 58.9. The van der Waals surface area contributed by atoms with Gasteiger partial charge < -0.3 is 129 Å². The second kappa shape index (κ2) is 66.0. The van der Waals surface area contributed by atoms with Gasteiger partial charge in [0.05, 0.1) is 81.2 Å². The lowest BCUT2D eigenvalue weighted by Crippen LogP contribution is -2.42. The van der Waals surface area contributed by atoms with Crippen molar-refractivity contribution in [2.45, 2.75) is 72.3 Å². The van der Waals surface area contributed by atoms with E-state index >= 15 is 0 Å². The van der Waals surface area contributed by atoms with Gasteiger partial charge >= 0.3 is 0 Å². The maximum absolute atomic E-state index is 5.90. The van der Waals surface area contributed by atoms with Gasteiger partial charge in [0.15, 0.2) is 47.7 Å². The Morgan fingerprint density at radius 2 is 0.603 bits per heavy atom. The number of nitrogens with zero attached hydrogens (tertiary/aromatic N) is 19. The second-order valence-corrected chi connectivity index (χ2v) is 33.2. The van der Waals surface area contributed by atoms with Crippen LogP contribution in [0.2, 0.25) is 65.3 Å². The van der Waals surface area contributed by atoms with Crippen molar-refractivity contribution in [3.8, 4) is 0 Å². The molecule has 8 rings (SSSR count). The smallest absolute Gasteiger partial charge is 0.223 e. The van der Waals surface area contributed by atoms with E-state index in [1.165, 1.54) is 0 Å². The molecule has 0 amide bonds. The molecule has 8 aromatic carbocycles. The molecule has 40 nitrogen and oxygen atoms in total. The number of aliphatic imine (C=N–C) groups is 16. The van der Waals surface area contributed by atoms with Crippen molar-refractivity contribution in [3.63, 3.8) is 0 Å². The highest BCUT2D eigenvalue weighted by atomic mass is 35.5. The van der Waals surface area contributed by atoms with Gasteiger partial charge in [-0.25, -0.2) is 30.0 Å². The van der Waals surface area contributed by atoms with Gasteiger partial charge in [0.1, 0.15) is 0 Å². The summed E-state index contributed by atoms with van der Waals surface area (Å²) >= 11 is 75.7. The van der Waals surface area contributed by atoms with E-state index in [2.05, 4.69) is 90.5 Å². The quantitative estimate of drug-likeness (QED) is 0.0297. The molecule has 8 aromatic rings. The third-order valence-corrected chi connectivity index (χ3v) is 19.2. The van der Waals surface area contributed by atoms with Crippen LogP contribution in [-0.4, -0.2) is 178 Å². The third kappa shape index (κ3) is 58.6. The van der Waals surface area contributed by atoms with E-state index in [1.54, 1.807) is 166 Å². The predicted octanol–water partition coefficient (Wildman–Crippen LogP) is 11.2. The number of nitrogens with two attached hydrogens (primary N) is 19. The summed E-state index contributed by atoms with van der Waals surface area (Å²) in [5, 5.41) is 12.3. The predicted molar refractivity (Wildman–Crippen MR) is 581 cm³/mol. The van der Waals surface area contributed by atoms with E-state index in [0.717, 1.165) is 39.3 Å². The molecule has 0 fully saturated rings. The molecule has 0 unspecified atom stereocenters. The molecule has 0 aliphatic rings. The highest BCUT2D eigenvalue weighted by Gasteiger charge is 2.09. The van der Waals surface area contributed by atoms with E-state index in [-0.39, 0.29) is 89.6 Å². The van der Waals surface area contributed by atoms with Gasteiger partial charge in [-0.05, 0) is 184 Å². The Hall–Kier alpha value is -12.6. The Morgan fingerprint density at radius 3 is 1.01 bits per heavy atom. The van der Waals surface area contributed by atoms with Gasteiger partial charge in [0.2, 0.25) is 47.7 Å². The van der Waals surface area contributed by atoms with Crippen molar-refractivity contribution in [1.29, 1.82) is 0 Å². The first-order valence-electron chi connectivity index (χ1n) is 39.2. The SMILES string of the molecule is CC(C)N=C(N)N=C(N)Nc1ccc(Cl)c(Cl)c1.CC(C)N=C(N)NC(N)=NCc1ccc(Cl)c(Cl)c1.CN(C)C(N)=NC(N)=NCCc1cccc(Cl)c1.CN(C)C(N)=NC(N)=NCc1cccc(Cl)c1.CN(C)C(N)=NC(N)=Nc1cccc(Cl)c1.NC(N)=NC(N)=NCCc1ccc(Cl)c(Cl)c1.NC(N)=NC(N)=NCc1ccc(Cl)c(Cl)c1.NC(N)=NC(N)=Nc1ccc(Cl)c(Cl)c1. The summed E-state index contributed by atoms with van der Waals surface area (Å²) in [5.41, 5.74) is 110. The van der Waals surface area contributed by atoms with Gasteiger partial charge in [-0.2, -0.15) is 34.9 Å². The van der Waals surface area contributed by atoms with E-state index in [9.17, 15) is 0 Å². The van der Waals surface area contributed by atoms with Gasteiger partial charge in [-0.3, -0.25) is 20.3 Å². The first-order valence-corrected chi connectivity index (χ1v) is 44.1. The number of hydrogen-bond acceptors (Lipinski definition) is 9. The third-order valence-electron chi connectivity index (χ3n) is 14.8. The summed E-state index contributed by atoms with van der Waals surface area (Å²) < 4.78 is 0. The van der Waals surface area contributed by atoms with E-state index in [0.29, 0.717) is 134 Å². The molecule has 136 heavy (non-hydrogen) atoms. The number of hydrogen-bond donors (Lipinski definition) is 21. The zero-order valence-corrected chi connectivity index (χ0v) is 85.4. The lowest BCUT2D eigenvalue weighted by molar-refractivity contribution is 0.615. The highest BCUT2D eigenvalue weighted by Crippen LogP contribution is 2.29. The Morgan fingerprint density at radius 1 is 0.279 bits per heavy atom. The molecule has 0 aliphatic carbocycles. The molecule has 0 radical (unpaired) electrons. The summed E-state index contributed by atoms with van der Waals surface area (Å²) in [4.78, 5) is 67.7. The van der Waals surface area contributed by atoms with Crippen molar-refractivity contribution >= 4 is 263 Å². The van der Waals surface area contributed by atoms with Crippen molar-refractivity contribution in [3.05, 3.63) is 257 Å². The molecule has 0 heterocycles. The van der Waals surface area contributed by atoms with Crippen LogP contribution in [0, 0.1) is 0 Å². The van der Waals surface area contributed by atoms with Gasteiger partial charge in [-0.15, -0.1) is 0 Å². The minimum absolute atomic E-state index is 0.0195. The Labute approximate surface area is 855 Å². The summed E-state index contributed by atoms with van der Waals surface area (Å²) in [6, 6.07) is 47.9. The van der Waals surface area contributed by atoms with Crippen LogP contribution < -0.4 is 120 Å². The van der Waals surface area contributed by atoms with Crippen LogP contribution >= 0.6 is 151 Å². The molecule has 0 saturated heterocycles. The molecule has 0 spiro atoms. The molecule has 0 aliphatic heterocycles. The number of anilines is 1. The summed E-state index contributed by atoms with van der Waals surface area (Å²) in [7, 11) is 10.7. The monoisotopic (exact) mass is 2120 g/mol. The molecular formula is C83H113Cl13N40. The van der Waals surface area contributed by atoms with Crippen LogP contribution in [0.25, 0.3) is 0 Å². The van der Waals surface area contributed by atoms with Crippen LogP contribution in [-0.2, 0) is 32.5 Å². The highest BCUT2D eigenvalue weighted by molar-refractivity contribution is 6.44. The number of rotatable bonds is 17. The zero-order valence-electron chi connectivity index (χ0n) is 75.6. The summed E-state index contributed by atoms with van der Waals surface area (Å²) in [6.07, 6.45) is 1.44. The number of halogens is 13. The fraction of sp³-hybridized carbons (Fsp3) is 0.229. The first kappa shape index (κ1) is 121. The van der Waals surface area contributed by atoms with Gasteiger partial charge in [0, 0.05) is 88.2 Å². The summed E-state index contributed by atoms with van der Waals surface area (Å²) in [5.74, 6) is 1.70. The number of nitrogens with one attached hydrogen (secondary N) is 2. The summed E-state index contributed by atoms with van der Waals surface area (Å²) in [6.45, 7) is 9.78. The average molecular weight is 2130 g/mol. The maximum Gasteiger partial charge on any atom is 0.223 e. The van der Waals surface area contributed by atoms with E-state index < -0.39 is 0 Å². The number of benzene rings is 8. The van der Waals surface area contributed by atoms with E-state index in [4.69, 9.17) is 260 Å². The maximum atomic E-state index is 5.90. The van der Waals surface area contributed by atoms with Crippen molar-refractivity contribution < 1.29 is 0 Å². The fourth-order valence-electron chi connectivity index (χ4n) is 8.67. The molecule has 0 aromatic heterocycles. The second-order valence-electron chi connectivity index (χ2n) is 27.8. The standard InChI is InChI=1S/C12H17Cl2N5.C12H18ClN5.C11H15Cl2N5.C11H16ClN5.C10H13Cl2N5.C10H14ClN5.C9H11Cl2N5.C8H9Cl2N5/c1-7(2)18-12(16)19-11(15)17-6-8-3-4-9(13)10(14)5-8;1-18(2)12(15)17-11(14)16-7-6-9-4-3-5-10(13)8-9;1-6(2)16-10(14)18-11(15)17-7-3-4-8(12)9(13)5-7;1-17(2)11(14)16-10(13)15-7-8-4-3-5-9(12)6-8;11-7-2-1-6(5-8(7)12)3-4-16-10(15)17-9(13)14;1-16(2)10(13)15-9(12)14-8-5-3-4-7(11)6-8;10-6-2-1-5(3-7(6)11)4-15-9(14)16-8(12)13;9-5-2-1-4(3-6(5)10)14-8(13)15-7(11)12/h3-5,7H,6H2,1-2H3,(H5,15,16,17,18,19);3-5,8H,6-7H2,1-2H3,(H4,14,15,16,17);3-6H,1-2H3,(H5,14,15,16,17,18);3-6H,7H2,1-2H3,(H4,13,14,15,16);1-2,5H,3-4H2,(H6,13,14,15,16,17);3-6H,1-2H3,(H4,12,13,14,15);1-3H,4H2,(H6,12,13,14,15,16);1-3H,(H6,11,12,13,14,15). The minimum Gasteiger partial charge on any atom is -0.370 e. The first-order chi connectivity index (χ1) is 63.7. The zero-order chi connectivity index (χ0) is 103. The normalized spacial score (nSPS) is 12.2. The largest absolute Gasteiger partial charge is 0.370 e. The van der Waals surface area contributed by atoms with Crippen molar-refractivity contribution in [2.24, 2.45) is 189 Å². The van der Waals surface area contributed by atoms with Crippen LogP contribution in [0.5, 0.6) is 0 Å². The van der Waals surface area contributed by atoms with Gasteiger partial charge in [-0.1, -0.05) is 199 Å². The van der Waals surface area contributed by atoms with Crippen molar-refractivity contribution in [1.82, 2.24) is 20.0 Å². The topological polar surface area (TPSA) is 726 Å². The molecule has 0 saturated carbocycles. The molecular weight excluding hydrogens is 2020 g/mol. The lowest BCUT2D eigenvalue weighted by Gasteiger charge is -2.09. The fourth-order valence-corrected chi connectivity index (χ4v) is 10.8. The molecule has 0 bridgehead atoms. The Bertz CT molecular complexity index is 5660. The average Bonchev–Trinajstić information content (AvgIpc) is 0.879. The molecule has 736 valence electrons. The van der Waals surface area contributed by atoms with Crippen LogP contribution in [0.3, 0.4) is 0 Å². The molecule has 0 atom stereocenters. The number of guanidine groups is 16. The van der Waals surface area contributed by atoms with Crippen LogP contribution in [0.1, 0.15) is 55.5 Å². The minimum atomic E-state index is -0.156. The van der Waals surface area contributed by atoms with Crippen LogP contribution in [0.15, 0.2) is 244 Å². The van der Waals surface area contributed by atoms with Crippen LogP contribution in [0.4, 0.5) is 17.1 Å². The molecule has 53 heteroatoms. The van der Waals surface area contributed by atoms with Gasteiger partial charge in [0.25, 0.3) is 0 Å². The lowest BCUT2D eigenvalue weighted by atomic mass is 10.1. The Balaban J connectivity index is 0.000000778.